The molecule has 1 heterocycles. The summed E-state index contributed by atoms with van der Waals surface area (Å²) >= 11 is 0. The Morgan fingerprint density at radius 1 is 1.53 bits per heavy atom. The van der Waals surface area contributed by atoms with Crippen LogP contribution in [0.3, 0.4) is 0 Å². The Balaban J connectivity index is 2.48. The molecule has 1 aromatic heterocycles. The number of nitrogen functional groups attached to an aromatic ring is 1. The van der Waals surface area contributed by atoms with Crippen LogP contribution in [0.1, 0.15) is 25.0 Å². The zero-order chi connectivity index (χ0) is 12.8. The number of hydrogen-bond donors (Lipinski definition) is 4. The summed E-state index contributed by atoms with van der Waals surface area (Å²) in [5.41, 5.74) is 5.91. The minimum Gasteiger partial charge on any atom is -0.390 e. The summed E-state index contributed by atoms with van der Waals surface area (Å²) in [5, 5.41) is 22.0. The molecule has 0 aliphatic rings. The topological polar surface area (TPSA) is 108 Å². The molecule has 2 unspecified atom stereocenters. The van der Waals surface area contributed by atoms with Crippen LogP contribution in [0.25, 0.3) is 0 Å². The maximum absolute atomic E-state index is 10.6. The van der Waals surface area contributed by atoms with E-state index in [1.807, 2.05) is 0 Å². The van der Waals surface area contributed by atoms with Crippen LogP contribution in [0.2, 0.25) is 0 Å². The number of amides is 1. The number of nitrogens with one attached hydrogen (secondary N) is 1. The van der Waals surface area contributed by atoms with Crippen LogP contribution in [0.5, 0.6) is 0 Å². The Morgan fingerprint density at radius 2 is 2.24 bits per heavy atom. The Kier molecular flexibility index (Phi) is 4.86. The van der Waals surface area contributed by atoms with Crippen LogP contribution >= 0.6 is 0 Å². The zero-order valence-corrected chi connectivity index (χ0v) is 9.63. The van der Waals surface area contributed by atoms with E-state index in [-0.39, 0.29) is 12.3 Å². The summed E-state index contributed by atoms with van der Waals surface area (Å²) in [6, 6.07) is 3.16. The van der Waals surface area contributed by atoms with Gasteiger partial charge in [0, 0.05) is 25.2 Å². The van der Waals surface area contributed by atoms with Crippen molar-refractivity contribution in [2.75, 3.05) is 12.3 Å². The lowest BCUT2D eigenvalue weighted by Gasteiger charge is -2.17. The van der Waals surface area contributed by atoms with Gasteiger partial charge in [-0.2, -0.15) is 0 Å². The normalized spacial score (nSPS) is 14.1. The highest BCUT2D eigenvalue weighted by molar-refractivity contribution is 5.72. The fourth-order valence-corrected chi connectivity index (χ4v) is 1.37. The van der Waals surface area contributed by atoms with Gasteiger partial charge in [0.05, 0.1) is 6.10 Å². The lowest BCUT2D eigenvalue weighted by Crippen LogP contribution is -2.27. The fraction of sp³-hybridized carbons (Fsp3) is 0.455. The molecule has 1 aromatic rings. The first-order chi connectivity index (χ1) is 8.00. The summed E-state index contributed by atoms with van der Waals surface area (Å²) in [6.45, 7) is 1.71. The van der Waals surface area contributed by atoms with Crippen LogP contribution in [0.15, 0.2) is 18.3 Å². The summed E-state index contributed by atoms with van der Waals surface area (Å²) in [4.78, 5) is 14.5. The average Bonchev–Trinajstić information content (AvgIpc) is 2.28. The molecule has 0 fully saturated rings. The minimum atomic E-state index is -1.03. The number of pyridine rings is 1. The summed E-state index contributed by atoms with van der Waals surface area (Å²) < 4.78 is 0. The van der Waals surface area contributed by atoms with E-state index in [1.54, 1.807) is 12.1 Å². The van der Waals surface area contributed by atoms with Crippen LogP contribution < -0.4 is 11.1 Å². The highest BCUT2D eigenvalue weighted by Crippen LogP contribution is 2.18. The number of nitrogens with zero attached hydrogens (tertiary/aromatic N) is 1. The molecule has 0 aliphatic carbocycles. The Labute approximate surface area is 99.5 Å². The number of carbonyl (C=O) groups excluding carboxylic acids is 1. The van der Waals surface area contributed by atoms with Gasteiger partial charge in [0.1, 0.15) is 11.9 Å². The molecule has 0 saturated carbocycles. The molecule has 1 amide bonds. The fourth-order valence-electron chi connectivity index (χ4n) is 1.37. The lowest BCUT2D eigenvalue weighted by atomic mass is 10.0. The van der Waals surface area contributed by atoms with Gasteiger partial charge >= 0.3 is 0 Å². The van der Waals surface area contributed by atoms with Crippen molar-refractivity contribution < 1.29 is 15.0 Å². The highest BCUT2D eigenvalue weighted by Gasteiger charge is 2.18. The number of carbonyl (C=O) groups is 1. The van der Waals surface area contributed by atoms with Gasteiger partial charge in [0.15, 0.2) is 0 Å². The number of rotatable bonds is 5. The predicted octanol–water partition coefficient (Wildman–Crippen LogP) is -0.416. The Hall–Kier alpha value is -1.66. The maximum Gasteiger partial charge on any atom is 0.216 e. The second-order valence-corrected chi connectivity index (χ2v) is 3.80. The molecule has 2 atom stereocenters. The SMILES string of the molecule is CC(=O)NCCC(O)C(O)c1ccc(N)nc1. The molecule has 0 bridgehead atoms. The molecular weight excluding hydrogens is 222 g/mol. The van der Waals surface area contributed by atoms with E-state index in [0.717, 1.165) is 0 Å². The van der Waals surface area contributed by atoms with E-state index < -0.39 is 12.2 Å². The number of hydrogen-bond acceptors (Lipinski definition) is 5. The lowest BCUT2D eigenvalue weighted by molar-refractivity contribution is -0.119. The molecule has 94 valence electrons. The summed E-state index contributed by atoms with van der Waals surface area (Å²) in [6.07, 6.45) is -0.295. The quantitative estimate of drug-likeness (QED) is 0.558. The van der Waals surface area contributed by atoms with Crippen LogP contribution in [0.4, 0.5) is 5.82 Å². The van der Waals surface area contributed by atoms with Crippen molar-refractivity contribution in [1.29, 1.82) is 0 Å². The second kappa shape index (κ2) is 6.17. The third kappa shape index (κ3) is 4.38. The van der Waals surface area contributed by atoms with Gasteiger partial charge in [0.2, 0.25) is 5.91 Å². The second-order valence-electron chi connectivity index (χ2n) is 3.80. The Morgan fingerprint density at radius 3 is 2.76 bits per heavy atom. The number of aliphatic hydroxyl groups is 2. The van der Waals surface area contributed by atoms with E-state index in [4.69, 9.17) is 5.73 Å². The third-order valence-corrected chi connectivity index (χ3v) is 2.33. The van der Waals surface area contributed by atoms with E-state index >= 15 is 0 Å². The van der Waals surface area contributed by atoms with Gasteiger partial charge in [-0.15, -0.1) is 0 Å². The van der Waals surface area contributed by atoms with E-state index in [0.29, 0.717) is 17.9 Å². The first-order valence-electron chi connectivity index (χ1n) is 5.32. The largest absolute Gasteiger partial charge is 0.390 e. The minimum absolute atomic E-state index is 0.166. The molecule has 0 radical (unpaired) electrons. The number of anilines is 1. The van der Waals surface area contributed by atoms with Crippen LogP contribution in [-0.2, 0) is 4.79 Å². The van der Waals surface area contributed by atoms with Gasteiger partial charge in [-0.1, -0.05) is 6.07 Å². The van der Waals surface area contributed by atoms with Gasteiger partial charge in [-0.3, -0.25) is 4.79 Å². The number of aliphatic hydroxyl groups excluding tert-OH is 2. The molecule has 0 saturated heterocycles. The van der Waals surface area contributed by atoms with E-state index in [1.165, 1.54) is 13.1 Å². The van der Waals surface area contributed by atoms with Gasteiger partial charge in [0.25, 0.3) is 0 Å². The van der Waals surface area contributed by atoms with Crippen molar-refractivity contribution in [1.82, 2.24) is 10.3 Å². The smallest absolute Gasteiger partial charge is 0.216 e. The maximum atomic E-state index is 10.6. The molecule has 17 heavy (non-hydrogen) atoms. The number of nitrogens with two attached hydrogens (primary N) is 1. The molecule has 5 N–H and O–H groups in total. The van der Waals surface area contributed by atoms with Crippen LogP contribution in [-0.4, -0.2) is 33.8 Å². The molecular formula is C11H17N3O3. The monoisotopic (exact) mass is 239 g/mol. The van der Waals surface area contributed by atoms with Crippen molar-refractivity contribution in [2.24, 2.45) is 0 Å². The predicted molar refractivity (Wildman–Crippen MR) is 62.9 cm³/mol. The van der Waals surface area contributed by atoms with Crippen LogP contribution in [0, 0.1) is 0 Å². The van der Waals surface area contributed by atoms with Gasteiger partial charge < -0.3 is 21.3 Å². The zero-order valence-electron chi connectivity index (χ0n) is 9.63. The first kappa shape index (κ1) is 13.4. The van der Waals surface area contributed by atoms with Crippen molar-refractivity contribution in [3.63, 3.8) is 0 Å². The first-order valence-corrected chi connectivity index (χ1v) is 5.32. The third-order valence-electron chi connectivity index (χ3n) is 2.33. The van der Waals surface area contributed by atoms with E-state index in [9.17, 15) is 15.0 Å². The molecule has 6 heteroatoms. The summed E-state index contributed by atoms with van der Waals surface area (Å²) in [5.74, 6) is 0.189. The molecule has 0 aliphatic heterocycles. The van der Waals surface area contributed by atoms with Crippen molar-refractivity contribution in [2.45, 2.75) is 25.6 Å². The number of aromatic nitrogens is 1. The molecule has 1 rings (SSSR count). The van der Waals surface area contributed by atoms with Crippen molar-refractivity contribution in [3.05, 3.63) is 23.9 Å². The van der Waals surface area contributed by atoms with Gasteiger partial charge in [-0.25, -0.2) is 4.98 Å². The van der Waals surface area contributed by atoms with Gasteiger partial charge in [-0.05, 0) is 12.5 Å². The molecule has 0 spiro atoms. The van der Waals surface area contributed by atoms with Crippen molar-refractivity contribution >= 4 is 11.7 Å². The molecule has 0 aromatic carbocycles. The molecule has 6 nitrogen and oxygen atoms in total. The summed E-state index contributed by atoms with van der Waals surface area (Å²) in [7, 11) is 0. The van der Waals surface area contributed by atoms with Crippen molar-refractivity contribution in [3.8, 4) is 0 Å². The average molecular weight is 239 g/mol. The standard InChI is InChI=1S/C11H17N3O3/c1-7(15)13-5-4-9(16)11(17)8-2-3-10(12)14-6-8/h2-3,6,9,11,16-17H,4-5H2,1H3,(H2,12,14)(H,13,15). The van der Waals surface area contributed by atoms with E-state index in [2.05, 4.69) is 10.3 Å². The Bertz CT molecular complexity index is 367. The highest BCUT2D eigenvalue weighted by atomic mass is 16.3.